The molecule has 0 unspecified atom stereocenters. The fourth-order valence-electron chi connectivity index (χ4n) is 3.63. The van der Waals surface area contributed by atoms with Crippen molar-refractivity contribution in [3.63, 3.8) is 0 Å². The van der Waals surface area contributed by atoms with Crippen LogP contribution >= 0.6 is 0 Å². The first-order valence-corrected chi connectivity index (χ1v) is 7.97. The van der Waals surface area contributed by atoms with Crippen LogP contribution in [0, 0.1) is 5.41 Å². The molecule has 1 saturated carbocycles. The van der Waals surface area contributed by atoms with E-state index in [4.69, 9.17) is 0 Å². The molecule has 0 atom stereocenters. The summed E-state index contributed by atoms with van der Waals surface area (Å²) in [5.41, 5.74) is 0.981. The van der Waals surface area contributed by atoms with Crippen molar-refractivity contribution in [2.45, 2.75) is 71.3 Å². The SMILES string of the molecule is CC(C)(C)CCCN1CCNC2(CCCCC2)C1. The number of nitrogens with zero attached hydrogens (tertiary/aromatic N) is 1. The molecule has 2 fully saturated rings. The summed E-state index contributed by atoms with van der Waals surface area (Å²) in [7, 11) is 0. The van der Waals surface area contributed by atoms with E-state index in [1.54, 1.807) is 0 Å². The van der Waals surface area contributed by atoms with E-state index in [2.05, 4.69) is 31.0 Å². The van der Waals surface area contributed by atoms with E-state index in [1.807, 2.05) is 0 Å². The molecule has 1 N–H and O–H groups in total. The second kappa shape index (κ2) is 5.92. The second-order valence-corrected chi connectivity index (χ2v) is 7.71. The van der Waals surface area contributed by atoms with Gasteiger partial charge >= 0.3 is 0 Å². The first-order valence-electron chi connectivity index (χ1n) is 7.97. The molecule has 2 nitrogen and oxygen atoms in total. The third-order valence-electron chi connectivity index (χ3n) is 4.67. The van der Waals surface area contributed by atoms with Crippen LogP contribution in [0.3, 0.4) is 0 Å². The van der Waals surface area contributed by atoms with Crippen LogP contribution in [0.25, 0.3) is 0 Å². The molecule has 18 heavy (non-hydrogen) atoms. The molecular formula is C16H32N2. The van der Waals surface area contributed by atoms with Crippen molar-refractivity contribution in [2.75, 3.05) is 26.2 Å². The molecule has 2 rings (SSSR count). The fourth-order valence-corrected chi connectivity index (χ4v) is 3.63. The third kappa shape index (κ3) is 4.24. The number of nitrogens with one attached hydrogen (secondary N) is 1. The normalized spacial score (nSPS) is 25.5. The van der Waals surface area contributed by atoms with Crippen molar-refractivity contribution in [1.29, 1.82) is 0 Å². The van der Waals surface area contributed by atoms with Gasteiger partial charge in [-0.25, -0.2) is 0 Å². The summed E-state index contributed by atoms with van der Waals surface area (Å²) in [6, 6.07) is 0. The molecule has 0 aromatic carbocycles. The average Bonchev–Trinajstić information content (AvgIpc) is 2.28. The Balaban J connectivity index is 1.76. The van der Waals surface area contributed by atoms with Crippen molar-refractivity contribution in [3.8, 4) is 0 Å². The van der Waals surface area contributed by atoms with Crippen LogP contribution in [0.2, 0.25) is 0 Å². The maximum Gasteiger partial charge on any atom is 0.0309 e. The van der Waals surface area contributed by atoms with Crippen LogP contribution in [0.4, 0.5) is 0 Å². The number of hydrogen-bond donors (Lipinski definition) is 1. The van der Waals surface area contributed by atoms with Gasteiger partial charge in [0.15, 0.2) is 0 Å². The summed E-state index contributed by atoms with van der Waals surface area (Å²) >= 11 is 0. The Hall–Kier alpha value is -0.0800. The standard InChI is InChI=1S/C16H32N2/c1-15(2,3)8-7-12-18-13-11-17-16(14-18)9-5-4-6-10-16/h17H,4-14H2,1-3H3. The molecule has 0 radical (unpaired) electrons. The highest BCUT2D eigenvalue weighted by molar-refractivity contribution is 4.96. The van der Waals surface area contributed by atoms with Gasteiger partial charge in [-0.1, -0.05) is 40.0 Å². The van der Waals surface area contributed by atoms with Crippen LogP contribution in [0.1, 0.15) is 65.7 Å². The summed E-state index contributed by atoms with van der Waals surface area (Å²) in [6.07, 6.45) is 9.84. The van der Waals surface area contributed by atoms with Gasteiger partial charge < -0.3 is 10.2 Å². The molecule has 0 aromatic rings. The Morgan fingerprint density at radius 2 is 1.83 bits per heavy atom. The third-order valence-corrected chi connectivity index (χ3v) is 4.67. The van der Waals surface area contributed by atoms with E-state index in [0.717, 1.165) is 0 Å². The number of rotatable bonds is 3. The van der Waals surface area contributed by atoms with Crippen LogP contribution < -0.4 is 5.32 Å². The van der Waals surface area contributed by atoms with Crippen LogP contribution in [0.15, 0.2) is 0 Å². The lowest BCUT2D eigenvalue weighted by Gasteiger charge is -2.46. The van der Waals surface area contributed by atoms with Crippen molar-refractivity contribution in [1.82, 2.24) is 10.2 Å². The van der Waals surface area contributed by atoms with Crippen LogP contribution in [-0.4, -0.2) is 36.6 Å². The van der Waals surface area contributed by atoms with Crippen LogP contribution in [-0.2, 0) is 0 Å². The van der Waals surface area contributed by atoms with Gasteiger partial charge in [-0.3, -0.25) is 0 Å². The Morgan fingerprint density at radius 3 is 2.50 bits per heavy atom. The Kier molecular flexibility index (Phi) is 4.71. The zero-order valence-electron chi connectivity index (χ0n) is 12.7. The summed E-state index contributed by atoms with van der Waals surface area (Å²) in [5.74, 6) is 0. The highest BCUT2D eigenvalue weighted by Gasteiger charge is 2.35. The number of hydrogen-bond acceptors (Lipinski definition) is 2. The topological polar surface area (TPSA) is 15.3 Å². The maximum absolute atomic E-state index is 3.83. The van der Waals surface area contributed by atoms with Gasteiger partial charge in [0.2, 0.25) is 0 Å². The lowest BCUT2D eigenvalue weighted by Crippen LogP contribution is -2.61. The van der Waals surface area contributed by atoms with Crippen molar-refractivity contribution in [3.05, 3.63) is 0 Å². The Morgan fingerprint density at radius 1 is 1.11 bits per heavy atom. The molecule has 1 saturated heterocycles. The molecule has 2 aliphatic rings. The van der Waals surface area contributed by atoms with E-state index in [9.17, 15) is 0 Å². The number of piperazine rings is 1. The van der Waals surface area contributed by atoms with E-state index in [1.165, 1.54) is 71.1 Å². The van der Waals surface area contributed by atoms with Crippen molar-refractivity contribution in [2.24, 2.45) is 5.41 Å². The van der Waals surface area contributed by atoms with Gasteiger partial charge in [-0.2, -0.15) is 0 Å². The summed E-state index contributed by atoms with van der Waals surface area (Å²) in [4.78, 5) is 2.72. The first kappa shape index (κ1) is 14.3. The predicted octanol–water partition coefficient (Wildman–Crippen LogP) is 3.42. The molecule has 106 valence electrons. The minimum Gasteiger partial charge on any atom is -0.309 e. The van der Waals surface area contributed by atoms with Gasteiger partial charge in [0.1, 0.15) is 0 Å². The monoisotopic (exact) mass is 252 g/mol. The summed E-state index contributed by atoms with van der Waals surface area (Å²) < 4.78 is 0. The predicted molar refractivity (Wildman–Crippen MR) is 78.9 cm³/mol. The quantitative estimate of drug-likeness (QED) is 0.828. The van der Waals surface area contributed by atoms with E-state index in [0.29, 0.717) is 11.0 Å². The molecule has 0 amide bonds. The molecule has 1 aliphatic carbocycles. The molecule has 0 bridgehead atoms. The second-order valence-electron chi connectivity index (χ2n) is 7.71. The lowest BCUT2D eigenvalue weighted by molar-refractivity contribution is 0.0959. The minimum atomic E-state index is 0.484. The highest BCUT2D eigenvalue weighted by Crippen LogP contribution is 2.31. The molecule has 1 heterocycles. The molecule has 0 aromatic heterocycles. The van der Waals surface area contributed by atoms with Crippen molar-refractivity contribution >= 4 is 0 Å². The lowest BCUT2D eigenvalue weighted by atomic mass is 9.80. The van der Waals surface area contributed by atoms with Gasteiger partial charge in [0, 0.05) is 25.2 Å². The van der Waals surface area contributed by atoms with E-state index >= 15 is 0 Å². The largest absolute Gasteiger partial charge is 0.309 e. The van der Waals surface area contributed by atoms with Crippen LogP contribution in [0.5, 0.6) is 0 Å². The summed E-state index contributed by atoms with van der Waals surface area (Å²) in [5, 5.41) is 3.83. The van der Waals surface area contributed by atoms with Gasteiger partial charge in [-0.05, 0) is 37.6 Å². The smallest absolute Gasteiger partial charge is 0.0309 e. The fraction of sp³-hybridized carbons (Fsp3) is 1.00. The molecular weight excluding hydrogens is 220 g/mol. The highest BCUT2D eigenvalue weighted by atomic mass is 15.2. The zero-order valence-corrected chi connectivity index (χ0v) is 12.7. The minimum absolute atomic E-state index is 0.484. The van der Waals surface area contributed by atoms with E-state index < -0.39 is 0 Å². The maximum atomic E-state index is 3.83. The summed E-state index contributed by atoms with van der Waals surface area (Å²) in [6.45, 7) is 12.1. The Labute approximate surface area is 114 Å². The zero-order chi connectivity index (χ0) is 13.1. The molecule has 1 spiro atoms. The Bertz CT molecular complexity index is 243. The van der Waals surface area contributed by atoms with Gasteiger partial charge in [0.25, 0.3) is 0 Å². The first-order chi connectivity index (χ1) is 8.49. The van der Waals surface area contributed by atoms with Crippen molar-refractivity contribution < 1.29 is 0 Å². The van der Waals surface area contributed by atoms with Gasteiger partial charge in [-0.15, -0.1) is 0 Å². The van der Waals surface area contributed by atoms with Gasteiger partial charge in [0.05, 0.1) is 0 Å². The molecule has 2 heteroatoms. The average molecular weight is 252 g/mol. The molecule has 1 aliphatic heterocycles. The van der Waals surface area contributed by atoms with E-state index in [-0.39, 0.29) is 0 Å².